The fraction of sp³-hybridized carbons (Fsp3) is 0.214. The molecule has 0 aliphatic rings. The number of nitrogens with one attached hydrogen (secondary N) is 1. The molecular weight excluding hydrogens is 306 g/mol. The van der Waals surface area contributed by atoms with Crippen molar-refractivity contribution in [3.8, 4) is 0 Å². The molecule has 1 aromatic carbocycles. The highest BCUT2D eigenvalue weighted by atomic mass is 32.2. The zero-order valence-electron chi connectivity index (χ0n) is 11.7. The van der Waals surface area contributed by atoms with Crippen LogP contribution >= 0.6 is 11.3 Å². The van der Waals surface area contributed by atoms with Crippen LogP contribution in [-0.4, -0.2) is 24.1 Å². The van der Waals surface area contributed by atoms with Crippen LogP contribution in [0.2, 0.25) is 0 Å². The average Bonchev–Trinajstić information content (AvgIpc) is 2.97. The van der Waals surface area contributed by atoms with E-state index < -0.39 is 9.84 Å². The number of aromatic nitrogens is 2. The first-order chi connectivity index (χ1) is 9.95. The van der Waals surface area contributed by atoms with E-state index in [1.807, 2.05) is 29.0 Å². The lowest BCUT2D eigenvalue weighted by molar-refractivity contribution is 0.602. The normalized spacial score (nSPS) is 11.9. The number of anilines is 1. The molecule has 7 heteroatoms. The number of rotatable bonds is 4. The van der Waals surface area contributed by atoms with Crippen molar-refractivity contribution >= 4 is 31.8 Å². The predicted octanol–water partition coefficient (Wildman–Crippen LogP) is 2.72. The number of nitrogens with zero attached hydrogens (tertiary/aromatic N) is 2. The summed E-state index contributed by atoms with van der Waals surface area (Å²) in [5.74, 6) is 0. The highest BCUT2D eigenvalue weighted by Gasteiger charge is 2.10. The van der Waals surface area contributed by atoms with Crippen molar-refractivity contribution in [2.75, 3.05) is 11.6 Å². The molecule has 2 heterocycles. The van der Waals surface area contributed by atoms with Crippen LogP contribution in [0.1, 0.15) is 11.4 Å². The average molecular weight is 321 g/mol. The van der Waals surface area contributed by atoms with Crippen molar-refractivity contribution in [2.24, 2.45) is 0 Å². The van der Waals surface area contributed by atoms with E-state index in [-0.39, 0.29) is 0 Å². The number of sulfone groups is 1. The fourth-order valence-electron chi connectivity index (χ4n) is 2.18. The van der Waals surface area contributed by atoms with Gasteiger partial charge in [-0.2, -0.15) is 0 Å². The van der Waals surface area contributed by atoms with Gasteiger partial charge >= 0.3 is 0 Å². The van der Waals surface area contributed by atoms with Crippen LogP contribution in [0.5, 0.6) is 0 Å². The topological polar surface area (TPSA) is 63.5 Å². The van der Waals surface area contributed by atoms with Crippen LogP contribution in [0.25, 0.3) is 4.96 Å². The van der Waals surface area contributed by atoms with Crippen molar-refractivity contribution in [3.05, 3.63) is 47.2 Å². The van der Waals surface area contributed by atoms with Crippen LogP contribution in [0.15, 0.2) is 40.7 Å². The standard InChI is InChI=1S/C14H15N3O2S2/c1-10-13(17-6-7-20-14(17)16-10)9-15-11-4-3-5-12(8-11)21(2,18)19/h3-8,15H,9H2,1-2H3. The maximum absolute atomic E-state index is 11.6. The van der Waals surface area contributed by atoms with Crippen LogP contribution in [-0.2, 0) is 16.4 Å². The Bertz CT molecular complexity index is 894. The number of benzene rings is 1. The number of hydrogen-bond donors (Lipinski definition) is 1. The highest BCUT2D eigenvalue weighted by Crippen LogP contribution is 2.19. The molecule has 0 aliphatic carbocycles. The Morgan fingerprint density at radius 3 is 2.95 bits per heavy atom. The van der Waals surface area contributed by atoms with Gasteiger partial charge in [0.25, 0.3) is 0 Å². The summed E-state index contributed by atoms with van der Waals surface area (Å²) in [6.45, 7) is 2.57. The molecule has 3 aromatic rings. The molecule has 2 aromatic heterocycles. The summed E-state index contributed by atoms with van der Waals surface area (Å²) in [4.78, 5) is 5.77. The van der Waals surface area contributed by atoms with Crippen molar-refractivity contribution in [1.29, 1.82) is 0 Å². The zero-order chi connectivity index (χ0) is 15.0. The Kier molecular flexibility index (Phi) is 3.46. The first-order valence-corrected chi connectivity index (χ1v) is 9.17. The lowest BCUT2D eigenvalue weighted by atomic mass is 10.3. The van der Waals surface area contributed by atoms with Gasteiger partial charge in [-0.05, 0) is 25.1 Å². The Morgan fingerprint density at radius 1 is 1.38 bits per heavy atom. The lowest BCUT2D eigenvalue weighted by Gasteiger charge is -2.08. The molecular formula is C14H15N3O2S2. The molecule has 21 heavy (non-hydrogen) atoms. The molecule has 0 aliphatic heterocycles. The van der Waals surface area contributed by atoms with Gasteiger partial charge in [-0.25, -0.2) is 13.4 Å². The Labute approximate surface area is 127 Å². The van der Waals surface area contributed by atoms with Crippen LogP contribution in [0.3, 0.4) is 0 Å². The minimum atomic E-state index is -3.19. The van der Waals surface area contributed by atoms with Crippen LogP contribution < -0.4 is 5.32 Å². The Balaban J connectivity index is 1.85. The van der Waals surface area contributed by atoms with Gasteiger partial charge in [0, 0.05) is 23.5 Å². The predicted molar refractivity (Wildman–Crippen MR) is 84.7 cm³/mol. The quantitative estimate of drug-likeness (QED) is 0.802. The van der Waals surface area contributed by atoms with Crippen molar-refractivity contribution < 1.29 is 8.42 Å². The lowest BCUT2D eigenvalue weighted by Crippen LogP contribution is -2.04. The van der Waals surface area contributed by atoms with Crippen LogP contribution in [0, 0.1) is 6.92 Å². The molecule has 0 bridgehead atoms. The third-order valence-electron chi connectivity index (χ3n) is 3.28. The second kappa shape index (κ2) is 5.16. The Hall–Kier alpha value is -1.86. The zero-order valence-corrected chi connectivity index (χ0v) is 13.3. The van der Waals surface area contributed by atoms with Gasteiger partial charge < -0.3 is 5.32 Å². The van der Waals surface area contributed by atoms with E-state index in [2.05, 4.69) is 10.3 Å². The monoisotopic (exact) mass is 321 g/mol. The summed E-state index contributed by atoms with van der Waals surface area (Å²) < 4.78 is 25.2. The Morgan fingerprint density at radius 2 is 2.19 bits per heavy atom. The molecule has 0 spiro atoms. The number of hydrogen-bond acceptors (Lipinski definition) is 5. The third-order valence-corrected chi connectivity index (χ3v) is 5.15. The maximum Gasteiger partial charge on any atom is 0.194 e. The molecule has 110 valence electrons. The number of fused-ring (bicyclic) bond motifs is 1. The summed E-state index contributed by atoms with van der Waals surface area (Å²) >= 11 is 1.59. The molecule has 0 radical (unpaired) electrons. The van der Waals surface area contributed by atoms with Gasteiger partial charge in [0.1, 0.15) is 0 Å². The number of imidazole rings is 1. The largest absolute Gasteiger partial charge is 0.379 e. The molecule has 0 saturated carbocycles. The molecule has 0 fully saturated rings. The van der Waals surface area contributed by atoms with E-state index in [1.54, 1.807) is 29.5 Å². The highest BCUT2D eigenvalue weighted by molar-refractivity contribution is 7.90. The first kappa shape index (κ1) is 14.1. The van der Waals surface area contributed by atoms with Crippen molar-refractivity contribution in [1.82, 2.24) is 9.38 Å². The SMILES string of the molecule is Cc1nc2sccn2c1CNc1cccc(S(C)(=O)=O)c1. The van der Waals surface area contributed by atoms with E-state index in [0.717, 1.165) is 22.0 Å². The van der Waals surface area contributed by atoms with Crippen LogP contribution in [0.4, 0.5) is 5.69 Å². The first-order valence-electron chi connectivity index (χ1n) is 6.40. The third kappa shape index (κ3) is 2.79. The van der Waals surface area contributed by atoms with E-state index in [1.165, 1.54) is 6.26 Å². The van der Waals surface area contributed by atoms with E-state index in [4.69, 9.17) is 0 Å². The fourth-order valence-corrected chi connectivity index (χ4v) is 3.62. The van der Waals surface area contributed by atoms with Gasteiger partial charge in [-0.1, -0.05) is 6.07 Å². The summed E-state index contributed by atoms with van der Waals surface area (Å²) in [6, 6.07) is 6.84. The summed E-state index contributed by atoms with van der Waals surface area (Å²) in [7, 11) is -3.19. The van der Waals surface area contributed by atoms with Gasteiger partial charge in [-0.3, -0.25) is 4.40 Å². The number of thiazole rings is 1. The summed E-state index contributed by atoms with van der Waals surface area (Å²) in [6.07, 6.45) is 3.20. The molecule has 0 amide bonds. The smallest absolute Gasteiger partial charge is 0.194 e. The maximum atomic E-state index is 11.6. The number of aryl methyl sites for hydroxylation is 1. The molecule has 0 unspecified atom stereocenters. The molecule has 0 atom stereocenters. The van der Waals surface area contributed by atoms with Gasteiger partial charge in [0.2, 0.25) is 0 Å². The van der Waals surface area contributed by atoms with Crippen molar-refractivity contribution in [3.63, 3.8) is 0 Å². The molecule has 1 N–H and O–H groups in total. The second-order valence-electron chi connectivity index (χ2n) is 4.85. The second-order valence-corrected chi connectivity index (χ2v) is 7.74. The molecule has 0 saturated heterocycles. The molecule has 3 rings (SSSR count). The van der Waals surface area contributed by atoms with Gasteiger partial charge in [0.05, 0.1) is 22.8 Å². The molecule has 5 nitrogen and oxygen atoms in total. The minimum absolute atomic E-state index is 0.318. The van der Waals surface area contributed by atoms with E-state index in [9.17, 15) is 8.42 Å². The minimum Gasteiger partial charge on any atom is -0.379 e. The van der Waals surface area contributed by atoms with E-state index >= 15 is 0 Å². The van der Waals surface area contributed by atoms with E-state index in [0.29, 0.717) is 11.4 Å². The van der Waals surface area contributed by atoms with Crippen molar-refractivity contribution in [2.45, 2.75) is 18.4 Å². The van der Waals surface area contributed by atoms with Gasteiger partial charge in [-0.15, -0.1) is 11.3 Å². The summed E-state index contributed by atoms with van der Waals surface area (Å²) in [5, 5.41) is 5.26. The van der Waals surface area contributed by atoms with Gasteiger partial charge in [0.15, 0.2) is 14.8 Å². The summed E-state index contributed by atoms with van der Waals surface area (Å²) in [5.41, 5.74) is 2.84.